The van der Waals surface area contributed by atoms with E-state index in [1.807, 2.05) is 24.3 Å². The average Bonchev–Trinajstić information content (AvgIpc) is 3.09. The van der Waals surface area contributed by atoms with Gasteiger partial charge in [0.05, 0.1) is 7.11 Å². The summed E-state index contributed by atoms with van der Waals surface area (Å²) in [6, 6.07) is 9.31. The molecule has 0 saturated heterocycles. The Labute approximate surface area is 173 Å². The second kappa shape index (κ2) is 9.45. The molecule has 2 rings (SSSR count). The lowest BCUT2D eigenvalue weighted by Gasteiger charge is -2.36. The number of rotatable bonds is 9. The lowest BCUT2D eigenvalue weighted by molar-refractivity contribution is 0.102. The first kappa shape index (κ1) is 23.0. The zero-order valence-corrected chi connectivity index (χ0v) is 19.2. The van der Waals surface area contributed by atoms with Gasteiger partial charge in [-0.05, 0) is 35.8 Å². The Morgan fingerprint density at radius 3 is 2.45 bits per heavy atom. The zero-order valence-electron chi connectivity index (χ0n) is 18.2. The Morgan fingerprint density at radius 1 is 1.24 bits per heavy atom. The SMILES string of the molecule is COc1ccc(CC(OC(N)=O)c2cc(CCO[Si](C)(C)C(C)(C)C)on2)cc1. The van der Waals surface area contributed by atoms with Gasteiger partial charge >= 0.3 is 6.09 Å². The minimum Gasteiger partial charge on any atom is -0.497 e. The van der Waals surface area contributed by atoms with Gasteiger partial charge < -0.3 is 24.2 Å². The summed E-state index contributed by atoms with van der Waals surface area (Å²) >= 11 is 0. The van der Waals surface area contributed by atoms with Crippen LogP contribution in [0, 0.1) is 0 Å². The van der Waals surface area contributed by atoms with Crippen LogP contribution in [0.1, 0.15) is 43.9 Å². The third kappa shape index (κ3) is 6.61. The molecule has 29 heavy (non-hydrogen) atoms. The molecule has 1 unspecified atom stereocenters. The maximum absolute atomic E-state index is 11.4. The molecule has 0 spiro atoms. The predicted octanol–water partition coefficient (Wildman–Crippen LogP) is 4.63. The van der Waals surface area contributed by atoms with E-state index in [9.17, 15) is 4.79 Å². The largest absolute Gasteiger partial charge is 0.497 e. The number of nitrogens with two attached hydrogens (primary N) is 1. The maximum Gasteiger partial charge on any atom is 0.405 e. The van der Waals surface area contributed by atoms with Crippen molar-refractivity contribution in [2.75, 3.05) is 13.7 Å². The van der Waals surface area contributed by atoms with Crippen LogP contribution < -0.4 is 10.5 Å². The molecule has 0 radical (unpaired) electrons. The lowest BCUT2D eigenvalue weighted by Crippen LogP contribution is -2.41. The number of amides is 1. The summed E-state index contributed by atoms with van der Waals surface area (Å²) in [7, 11) is -0.202. The minimum absolute atomic E-state index is 0.151. The van der Waals surface area contributed by atoms with Crippen molar-refractivity contribution in [3.05, 3.63) is 47.3 Å². The number of benzene rings is 1. The first-order valence-corrected chi connectivity index (χ1v) is 12.6. The van der Waals surface area contributed by atoms with Gasteiger partial charge in [-0.15, -0.1) is 0 Å². The number of carbonyl (C=O) groups is 1. The van der Waals surface area contributed by atoms with Gasteiger partial charge in [0, 0.05) is 25.5 Å². The third-order valence-electron chi connectivity index (χ3n) is 5.36. The number of methoxy groups -OCH3 is 1. The van der Waals surface area contributed by atoms with Crippen LogP contribution in [-0.2, 0) is 22.0 Å². The van der Waals surface area contributed by atoms with Gasteiger partial charge in [-0.2, -0.15) is 0 Å². The summed E-state index contributed by atoms with van der Waals surface area (Å²) < 4.78 is 22.1. The van der Waals surface area contributed by atoms with E-state index in [0.717, 1.165) is 11.3 Å². The van der Waals surface area contributed by atoms with Crippen LogP contribution in [0.25, 0.3) is 0 Å². The zero-order chi connectivity index (χ0) is 21.7. The van der Waals surface area contributed by atoms with Crippen molar-refractivity contribution in [1.29, 1.82) is 0 Å². The molecule has 0 aliphatic heterocycles. The van der Waals surface area contributed by atoms with Crippen LogP contribution in [0.5, 0.6) is 5.75 Å². The second-order valence-electron chi connectivity index (χ2n) is 8.55. The first-order valence-electron chi connectivity index (χ1n) is 9.70. The molecular weight excluding hydrogens is 388 g/mol. The molecule has 1 aromatic carbocycles. The highest BCUT2D eigenvalue weighted by atomic mass is 28.4. The first-order chi connectivity index (χ1) is 13.5. The Balaban J connectivity index is 2.03. The van der Waals surface area contributed by atoms with Gasteiger partial charge in [0.25, 0.3) is 0 Å². The summed E-state index contributed by atoms with van der Waals surface area (Å²) in [4.78, 5) is 11.4. The fourth-order valence-corrected chi connectivity index (χ4v) is 3.59. The van der Waals surface area contributed by atoms with Crippen LogP contribution in [-0.4, -0.2) is 33.3 Å². The predicted molar refractivity (Wildman–Crippen MR) is 113 cm³/mol. The molecule has 1 aromatic heterocycles. The number of carbonyl (C=O) groups excluding carboxylic acids is 1. The number of aromatic nitrogens is 1. The second-order valence-corrected chi connectivity index (χ2v) is 13.4. The Morgan fingerprint density at radius 2 is 1.90 bits per heavy atom. The van der Waals surface area contributed by atoms with Crippen LogP contribution in [0.4, 0.5) is 4.79 Å². The maximum atomic E-state index is 11.4. The average molecular weight is 421 g/mol. The van der Waals surface area contributed by atoms with Gasteiger partial charge in [-0.3, -0.25) is 0 Å². The summed E-state index contributed by atoms with van der Waals surface area (Å²) in [5.41, 5.74) is 6.74. The summed E-state index contributed by atoms with van der Waals surface area (Å²) in [6.07, 6.45) is -0.445. The van der Waals surface area contributed by atoms with Gasteiger partial charge in [-0.25, -0.2) is 4.79 Å². The summed E-state index contributed by atoms with van der Waals surface area (Å²) in [5, 5.41) is 4.24. The number of hydrogen-bond acceptors (Lipinski definition) is 6. The van der Waals surface area contributed by atoms with E-state index in [1.54, 1.807) is 13.2 Å². The van der Waals surface area contributed by atoms with E-state index >= 15 is 0 Å². The topological polar surface area (TPSA) is 96.8 Å². The molecular formula is C21H32N2O5Si. The molecule has 2 N–H and O–H groups in total. The highest BCUT2D eigenvalue weighted by molar-refractivity contribution is 6.74. The normalized spacial score (nSPS) is 13.2. The Hall–Kier alpha value is -2.32. The van der Waals surface area contributed by atoms with E-state index < -0.39 is 20.5 Å². The van der Waals surface area contributed by atoms with Crippen LogP contribution in [0.3, 0.4) is 0 Å². The van der Waals surface area contributed by atoms with E-state index in [1.165, 1.54) is 0 Å². The number of ether oxygens (including phenoxy) is 2. The minimum atomic E-state index is -1.81. The molecule has 0 fully saturated rings. The number of nitrogens with zero attached hydrogens (tertiary/aromatic N) is 1. The van der Waals surface area contributed by atoms with Crippen LogP contribution in [0.2, 0.25) is 18.1 Å². The van der Waals surface area contributed by atoms with E-state index in [2.05, 4.69) is 39.0 Å². The van der Waals surface area contributed by atoms with Crippen molar-refractivity contribution >= 4 is 14.4 Å². The van der Waals surface area contributed by atoms with E-state index in [-0.39, 0.29) is 5.04 Å². The van der Waals surface area contributed by atoms with Crippen molar-refractivity contribution in [1.82, 2.24) is 5.16 Å². The lowest BCUT2D eigenvalue weighted by atomic mass is 10.0. The van der Waals surface area contributed by atoms with Crippen LogP contribution in [0.15, 0.2) is 34.9 Å². The molecule has 0 bridgehead atoms. The van der Waals surface area contributed by atoms with Gasteiger partial charge in [0.1, 0.15) is 17.2 Å². The van der Waals surface area contributed by atoms with Crippen molar-refractivity contribution in [2.45, 2.75) is 57.8 Å². The molecule has 1 atom stereocenters. The van der Waals surface area contributed by atoms with E-state index in [0.29, 0.717) is 30.9 Å². The molecule has 8 heteroatoms. The fraction of sp³-hybridized carbons (Fsp3) is 0.524. The third-order valence-corrected chi connectivity index (χ3v) is 9.90. The smallest absolute Gasteiger partial charge is 0.405 e. The number of hydrogen-bond donors (Lipinski definition) is 1. The van der Waals surface area contributed by atoms with Crippen molar-refractivity contribution in [3.63, 3.8) is 0 Å². The van der Waals surface area contributed by atoms with Crippen molar-refractivity contribution < 1.29 is 23.2 Å². The fourth-order valence-electron chi connectivity index (χ4n) is 2.54. The van der Waals surface area contributed by atoms with Crippen LogP contribution >= 0.6 is 0 Å². The molecule has 2 aromatic rings. The summed E-state index contributed by atoms with van der Waals surface area (Å²) in [5.74, 6) is 1.44. The monoisotopic (exact) mass is 420 g/mol. The highest BCUT2D eigenvalue weighted by Crippen LogP contribution is 2.36. The molecule has 1 amide bonds. The Bertz CT molecular complexity index is 796. The number of primary amides is 1. The molecule has 0 aliphatic carbocycles. The molecule has 0 aliphatic rings. The van der Waals surface area contributed by atoms with E-state index in [4.69, 9.17) is 24.2 Å². The molecule has 0 saturated carbocycles. The summed E-state index contributed by atoms with van der Waals surface area (Å²) in [6.45, 7) is 11.6. The standard InChI is InChI=1S/C21H32N2O5Si/c1-21(2,3)29(5,6)26-12-11-17-14-18(23-28-17)19(27-20(22)24)13-15-7-9-16(25-4)10-8-15/h7-10,14,19H,11-13H2,1-6H3,(H2,22,24). The molecule has 7 nitrogen and oxygen atoms in total. The van der Waals surface area contributed by atoms with Crippen molar-refractivity contribution in [2.24, 2.45) is 5.73 Å². The van der Waals surface area contributed by atoms with Crippen molar-refractivity contribution in [3.8, 4) is 5.75 Å². The highest BCUT2D eigenvalue weighted by Gasteiger charge is 2.37. The van der Waals surface area contributed by atoms with Gasteiger partial charge in [0.2, 0.25) is 0 Å². The molecule has 160 valence electrons. The Kier molecular flexibility index (Phi) is 7.48. The van der Waals surface area contributed by atoms with Gasteiger partial charge in [-0.1, -0.05) is 38.1 Å². The molecule has 1 heterocycles. The quantitative estimate of drug-likeness (QED) is 0.594. The van der Waals surface area contributed by atoms with Gasteiger partial charge in [0.15, 0.2) is 14.4 Å².